The molecule has 1 amide bonds. The van der Waals surface area contributed by atoms with E-state index in [1.807, 2.05) is 25.1 Å². The van der Waals surface area contributed by atoms with Crippen LogP contribution in [0.25, 0.3) is 10.3 Å². The van der Waals surface area contributed by atoms with Gasteiger partial charge in [0.1, 0.15) is 4.70 Å². The molecule has 1 aromatic carbocycles. The molecule has 1 saturated heterocycles. The predicted molar refractivity (Wildman–Crippen MR) is 123 cm³/mol. The largest absolute Gasteiger partial charge is 0.351 e. The molecule has 4 rings (SSSR count). The van der Waals surface area contributed by atoms with Crippen molar-refractivity contribution in [1.29, 1.82) is 0 Å². The summed E-state index contributed by atoms with van der Waals surface area (Å²) < 4.78 is 2.19. The van der Waals surface area contributed by atoms with Gasteiger partial charge in [-0.25, -0.2) is 4.98 Å². The highest BCUT2D eigenvalue weighted by molar-refractivity contribution is 7.99. The molecule has 0 radical (unpaired) electrons. The van der Waals surface area contributed by atoms with Gasteiger partial charge in [-0.3, -0.25) is 14.2 Å². The summed E-state index contributed by atoms with van der Waals surface area (Å²) in [5.74, 6) is 0.0128. The molecule has 2 aromatic heterocycles. The van der Waals surface area contributed by atoms with Crippen molar-refractivity contribution in [2.45, 2.75) is 38.0 Å². The standard InChI is InChI=1S/C20H22ClN5O2S2/c1-2-26-18(28)16-17(23-19(30-16)25-9-5-6-10-25)24-20(26)29-12-15(27)22-11-13-7-3-4-8-14(13)21/h3-4,7-8H,2,5-6,9-12H2,1H3,(H,22,27). The van der Waals surface area contributed by atoms with Crippen molar-refractivity contribution in [3.05, 3.63) is 45.2 Å². The Kier molecular flexibility index (Phi) is 6.60. The summed E-state index contributed by atoms with van der Waals surface area (Å²) in [5.41, 5.74) is 1.24. The Bertz CT molecular complexity index is 1120. The van der Waals surface area contributed by atoms with Crippen molar-refractivity contribution in [3.63, 3.8) is 0 Å². The summed E-state index contributed by atoms with van der Waals surface area (Å²) in [6.07, 6.45) is 2.29. The Morgan fingerprint density at radius 2 is 2.03 bits per heavy atom. The number of amides is 1. The zero-order valence-electron chi connectivity index (χ0n) is 16.6. The fourth-order valence-electron chi connectivity index (χ4n) is 3.33. The number of anilines is 1. The van der Waals surface area contributed by atoms with E-state index in [2.05, 4.69) is 20.2 Å². The highest BCUT2D eigenvalue weighted by Crippen LogP contribution is 2.29. The quantitative estimate of drug-likeness (QED) is 0.426. The van der Waals surface area contributed by atoms with E-state index in [0.717, 1.165) is 36.6 Å². The number of hydrogen-bond donors (Lipinski definition) is 1. The van der Waals surface area contributed by atoms with E-state index >= 15 is 0 Å². The number of thioether (sulfide) groups is 1. The van der Waals surface area contributed by atoms with E-state index in [9.17, 15) is 9.59 Å². The van der Waals surface area contributed by atoms with Crippen LogP contribution in [0.15, 0.2) is 34.2 Å². The number of carbonyl (C=O) groups is 1. The molecule has 30 heavy (non-hydrogen) atoms. The molecule has 1 aliphatic heterocycles. The molecular weight excluding hydrogens is 442 g/mol. The molecule has 1 fully saturated rings. The maximum absolute atomic E-state index is 12.9. The smallest absolute Gasteiger partial charge is 0.273 e. The number of nitrogens with zero attached hydrogens (tertiary/aromatic N) is 4. The van der Waals surface area contributed by atoms with Gasteiger partial charge in [-0.2, -0.15) is 4.98 Å². The van der Waals surface area contributed by atoms with E-state index in [1.165, 1.54) is 23.1 Å². The normalized spacial score (nSPS) is 13.9. The molecule has 158 valence electrons. The van der Waals surface area contributed by atoms with Gasteiger partial charge < -0.3 is 10.2 Å². The number of aromatic nitrogens is 3. The van der Waals surface area contributed by atoms with Crippen LogP contribution in [-0.4, -0.2) is 39.3 Å². The fraction of sp³-hybridized carbons (Fsp3) is 0.400. The van der Waals surface area contributed by atoms with Gasteiger partial charge in [0.05, 0.1) is 5.75 Å². The highest BCUT2D eigenvalue weighted by Gasteiger charge is 2.20. The van der Waals surface area contributed by atoms with Crippen LogP contribution >= 0.6 is 34.7 Å². The van der Waals surface area contributed by atoms with Crippen LogP contribution < -0.4 is 15.8 Å². The fourth-order valence-corrected chi connectivity index (χ4v) is 5.42. The minimum Gasteiger partial charge on any atom is -0.351 e. The first-order valence-corrected chi connectivity index (χ1v) is 12.0. The van der Waals surface area contributed by atoms with Crippen LogP contribution in [0, 0.1) is 0 Å². The van der Waals surface area contributed by atoms with Crippen LogP contribution in [-0.2, 0) is 17.9 Å². The van der Waals surface area contributed by atoms with E-state index in [0.29, 0.717) is 33.6 Å². The van der Waals surface area contributed by atoms with Crippen LogP contribution in [0.1, 0.15) is 25.3 Å². The van der Waals surface area contributed by atoms with Crippen molar-refractivity contribution in [2.24, 2.45) is 0 Å². The average Bonchev–Trinajstić information content (AvgIpc) is 3.41. The van der Waals surface area contributed by atoms with Gasteiger partial charge in [0.15, 0.2) is 15.9 Å². The molecule has 3 aromatic rings. The first-order valence-electron chi connectivity index (χ1n) is 9.86. The van der Waals surface area contributed by atoms with Crippen LogP contribution in [0.3, 0.4) is 0 Å². The molecule has 3 heterocycles. The molecule has 7 nitrogen and oxygen atoms in total. The number of thiazole rings is 1. The Labute approximate surface area is 187 Å². The SMILES string of the molecule is CCn1c(SCC(=O)NCc2ccccc2Cl)nc2nc(N3CCCC3)sc2c1=O. The summed E-state index contributed by atoms with van der Waals surface area (Å²) in [6, 6.07) is 7.40. The summed E-state index contributed by atoms with van der Waals surface area (Å²) in [7, 11) is 0. The number of nitrogens with one attached hydrogen (secondary N) is 1. The number of hydrogen-bond acceptors (Lipinski definition) is 7. The van der Waals surface area contributed by atoms with Gasteiger partial charge in [-0.05, 0) is 31.4 Å². The lowest BCUT2D eigenvalue weighted by atomic mass is 10.2. The van der Waals surface area contributed by atoms with Crippen LogP contribution in [0.5, 0.6) is 0 Å². The molecule has 0 saturated carbocycles. The molecule has 10 heteroatoms. The summed E-state index contributed by atoms with van der Waals surface area (Å²) in [4.78, 5) is 36.7. The topological polar surface area (TPSA) is 80.1 Å². The number of carbonyl (C=O) groups excluding carboxylic acids is 1. The van der Waals surface area contributed by atoms with Crippen LogP contribution in [0.2, 0.25) is 5.02 Å². The molecule has 0 spiro atoms. The van der Waals surface area contributed by atoms with Gasteiger partial charge in [0.25, 0.3) is 5.56 Å². The second-order valence-electron chi connectivity index (χ2n) is 6.94. The van der Waals surface area contributed by atoms with Gasteiger partial charge in [-0.15, -0.1) is 0 Å². The first-order chi connectivity index (χ1) is 14.6. The Morgan fingerprint density at radius 1 is 1.27 bits per heavy atom. The second-order valence-corrected chi connectivity index (χ2v) is 9.27. The van der Waals surface area contributed by atoms with Crippen molar-refractivity contribution in [3.8, 4) is 0 Å². The maximum atomic E-state index is 12.9. The maximum Gasteiger partial charge on any atom is 0.273 e. The second kappa shape index (κ2) is 9.36. The molecule has 0 aliphatic carbocycles. The summed E-state index contributed by atoms with van der Waals surface area (Å²) in [5, 5.41) is 4.85. The minimum atomic E-state index is -0.145. The van der Waals surface area contributed by atoms with Crippen molar-refractivity contribution in [2.75, 3.05) is 23.7 Å². The third-order valence-electron chi connectivity index (χ3n) is 4.93. The van der Waals surface area contributed by atoms with Gasteiger partial charge >= 0.3 is 0 Å². The molecule has 0 atom stereocenters. The lowest BCUT2D eigenvalue weighted by Crippen LogP contribution is -2.26. The number of rotatable bonds is 7. The van der Waals surface area contributed by atoms with Gasteiger partial charge in [-0.1, -0.05) is 52.9 Å². The number of halogens is 1. The third kappa shape index (κ3) is 4.48. The summed E-state index contributed by atoms with van der Waals surface area (Å²) in [6.45, 7) is 4.68. The highest BCUT2D eigenvalue weighted by atomic mass is 35.5. The van der Waals surface area contributed by atoms with E-state index in [1.54, 1.807) is 10.6 Å². The predicted octanol–water partition coefficient (Wildman–Crippen LogP) is 3.54. The molecule has 1 aliphatic rings. The zero-order chi connectivity index (χ0) is 21.1. The number of fused-ring (bicyclic) bond motifs is 1. The lowest BCUT2D eigenvalue weighted by molar-refractivity contribution is -0.118. The Morgan fingerprint density at radius 3 is 2.77 bits per heavy atom. The molecule has 0 unspecified atom stereocenters. The summed E-state index contributed by atoms with van der Waals surface area (Å²) >= 11 is 8.78. The van der Waals surface area contributed by atoms with E-state index < -0.39 is 0 Å². The minimum absolute atomic E-state index is 0.0931. The Hall–Kier alpha value is -2.10. The van der Waals surface area contributed by atoms with Crippen molar-refractivity contribution >= 4 is 56.1 Å². The zero-order valence-corrected chi connectivity index (χ0v) is 18.9. The number of benzene rings is 1. The first kappa shape index (κ1) is 21.1. The van der Waals surface area contributed by atoms with E-state index in [4.69, 9.17) is 11.6 Å². The van der Waals surface area contributed by atoms with Gasteiger partial charge in [0.2, 0.25) is 5.91 Å². The van der Waals surface area contributed by atoms with Crippen LogP contribution in [0.4, 0.5) is 5.13 Å². The average molecular weight is 464 g/mol. The van der Waals surface area contributed by atoms with Crippen molar-refractivity contribution in [1.82, 2.24) is 19.9 Å². The molecule has 1 N–H and O–H groups in total. The van der Waals surface area contributed by atoms with Gasteiger partial charge in [0, 0.05) is 31.2 Å². The molecule has 0 bridgehead atoms. The third-order valence-corrected chi connectivity index (χ3v) is 7.37. The lowest BCUT2D eigenvalue weighted by Gasteiger charge is -2.11. The monoisotopic (exact) mass is 463 g/mol. The van der Waals surface area contributed by atoms with Crippen molar-refractivity contribution < 1.29 is 4.79 Å². The Balaban J connectivity index is 1.48. The van der Waals surface area contributed by atoms with E-state index in [-0.39, 0.29) is 17.2 Å². The molecular formula is C20H22ClN5O2S2.